The standard InChI is InChI=1S/C24H22N4O3/c1-17(28-16-25-21-9-5-6-10-22(21)28)23(29)26-27-24(30)19-11-13-20(14-12-19)31-15-18-7-3-2-4-8-18/h2-14,16-17H,15H2,1H3,(H,26,29)(H,27,30). The molecule has 1 unspecified atom stereocenters. The summed E-state index contributed by atoms with van der Waals surface area (Å²) >= 11 is 0. The van der Waals surface area contributed by atoms with Crippen LogP contribution >= 0.6 is 0 Å². The van der Waals surface area contributed by atoms with E-state index < -0.39 is 11.9 Å². The van der Waals surface area contributed by atoms with Gasteiger partial charge in [0.05, 0.1) is 17.4 Å². The van der Waals surface area contributed by atoms with Crippen LogP contribution in [0.4, 0.5) is 0 Å². The Kier molecular flexibility index (Phi) is 5.93. The number of carbonyl (C=O) groups excluding carboxylic acids is 2. The zero-order valence-electron chi connectivity index (χ0n) is 17.0. The first-order chi connectivity index (χ1) is 15.1. The van der Waals surface area contributed by atoms with Gasteiger partial charge in [-0.1, -0.05) is 42.5 Å². The van der Waals surface area contributed by atoms with Crippen LogP contribution in [0.15, 0.2) is 85.2 Å². The van der Waals surface area contributed by atoms with Crippen molar-refractivity contribution >= 4 is 22.8 Å². The molecule has 0 aliphatic heterocycles. The summed E-state index contributed by atoms with van der Waals surface area (Å²) in [7, 11) is 0. The average molecular weight is 414 g/mol. The van der Waals surface area contributed by atoms with Crippen molar-refractivity contribution in [1.29, 1.82) is 0 Å². The summed E-state index contributed by atoms with van der Waals surface area (Å²) in [5.41, 5.74) is 8.06. The molecule has 0 bridgehead atoms. The van der Waals surface area contributed by atoms with Crippen LogP contribution in [0.3, 0.4) is 0 Å². The summed E-state index contributed by atoms with van der Waals surface area (Å²) in [6.45, 7) is 2.19. The molecule has 0 saturated carbocycles. The van der Waals surface area contributed by atoms with Crippen molar-refractivity contribution in [1.82, 2.24) is 20.4 Å². The minimum Gasteiger partial charge on any atom is -0.489 e. The number of imidazole rings is 1. The Morgan fingerprint density at radius 1 is 0.935 bits per heavy atom. The molecule has 0 fully saturated rings. The van der Waals surface area contributed by atoms with E-state index in [4.69, 9.17) is 4.74 Å². The smallest absolute Gasteiger partial charge is 0.269 e. The summed E-state index contributed by atoms with van der Waals surface area (Å²) in [5, 5.41) is 0. The average Bonchev–Trinajstić information content (AvgIpc) is 3.25. The van der Waals surface area contributed by atoms with Gasteiger partial charge in [-0.25, -0.2) is 4.98 Å². The molecule has 7 heteroatoms. The molecular formula is C24H22N4O3. The second kappa shape index (κ2) is 9.13. The van der Waals surface area contributed by atoms with Gasteiger partial charge in [0.25, 0.3) is 11.8 Å². The number of nitrogens with one attached hydrogen (secondary N) is 2. The Labute approximate surface area is 179 Å². The second-order valence-corrected chi connectivity index (χ2v) is 7.06. The number of ether oxygens (including phenoxy) is 1. The van der Waals surface area contributed by atoms with Crippen molar-refractivity contribution in [2.24, 2.45) is 0 Å². The van der Waals surface area contributed by atoms with Gasteiger partial charge in [0.2, 0.25) is 0 Å². The molecule has 1 atom stereocenters. The zero-order chi connectivity index (χ0) is 21.6. The molecule has 4 rings (SSSR count). The number of benzene rings is 3. The van der Waals surface area contributed by atoms with Crippen molar-refractivity contribution in [3.05, 3.63) is 96.3 Å². The molecule has 0 aliphatic carbocycles. The lowest BCUT2D eigenvalue weighted by Gasteiger charge is -2.15. The topological polar surface area (TPSA) is 85.3 Å². The molecule has 1 aromatic heterocycles. The quantitative estimate of drug-likeness (QED) is 0.472. The fourth-order valence-electron chi connectivity index (χ4n) is 3.15. The minimum absolute atomic E-state index is 0.348. The van der Waals surface area contributed by atoms with Crippen LogP contribution in [0, 0.1) is 0 Å². The lowest BCUT2D eigenvalue weighted by molar-refractivity contribution is -0.124. The van der Waals surface area contributed by atoms with Crippen LogP contribution in [-0.2, 0) is 11.4 Å². The van der Waals surface area contributed by atoms with Gasteiger partial charge in [-0.15, -0.1) is 0 Å². The van der Waals surface area contributed by atoms with E-state index in [1.165, 1.54) is 0 Å². The molecule has 0 spiro atoms. The maximum atomic E-state index is 12.5. The Balaban J connectivity index is 1.31. The van der Waals surface area contributed by atoms with Crippen molar-refractivity contribution in [2.45, 2.75) is 19.6 Å². The number of carbonyl (C=O) groups is 2. The number of fused-ring (bicyclic) bond motifs is 1. The highest BCUT2D eigenvalue weighted by atomic mass is 16.5. The van der Waals surface area contributed by atoms with E-state index in [1.54, 1.807) is 42.1 Å². The van der Waals surface area contributed by atoms with E-state index in [0.717, 1.165) is 16.6 Å². The molecule has 0 saturated heterocycles. The van der Waals surface area contributed by atoms with E-state index in [0.29, 0.717) is 17.9 Å². The molecule has 2 amide bonds. The minimum atomic E-state index is -0.540. The number of aromatic nitrogens is 2. The number of rotatable bonds is 6. The summed E-state index contributed by atoms with van der Waals surface area (Å²) in [5.74, 6) is -0.102. The van der Waals surface area contributed by atoms with Gasteiger partial charge < -0.3 is 9.30 Å². The third-order valence-corrected chi connectivity index (χ3v) is 4.94. The van der Waals surface area contributed by atoms with Crippen molar-refractivity contribution < 1.29 is 14.3 Å². The van der Waals surface area contributed by atoms with Crippen LogP contribution in [0.5, 0.6) is 5.75 Å². The molecule has 0 radical (unpaired) electrons. The third-order valence-electron chi connectivity index (χ3n) is 4.94. The number of hydrazine groups is 1. The highest BCUT2D eigenvalue weighted by molar-refractivity contribution is 5.96. The van der Waals surface area contributed by atoms with Crippen molar-refractivity contribution in [2.75, 3.05) is 0 Å². The maximum absolute atomic E-state index is 12.5. The summed E-state index contributed by atoms with van der Waals surface area (Å²) in [4.78, 5) is 29.2. The van der Waals surface area contributed by atoms with Gasteiger partial charge in [-0.3, -0.25) is 20.4 Å². The number of nitrogens with zero attached hydrogens (tertiary/aromatic N) is 2. The SMILES string of the molecule is CC(C(=O)NNC(=O)c1ccc(OCc2ccccc2)cc1)n1cnc2ccccc21. The predicted octanol–water partition coefficient (Wildman–Crippen LogP) is 3.64. The van der Waals surface area contributed by atoms with E-state index in [9.17, 15) is 9.59 Å². The van der Waals surface area contributed by atoms with Gasteiger partial charge in [0, 0.05) is 5.56 Å². The Morgan fingerprint density at radius 3 is 2.42 bits per heavy atom. The highest BCUT2D eigenvalue weighted by Gasteiger charge is 2.18. The van der Waals surface area contributed by atoms with E-state index in [1.807, 2.05) is 54.6 Å². The van der Waals surface area contributed by atoms with E-state index in [2.05, 4.69) is 15.8 Å². The molecule has 31 heavy (non-hydrogen) atoms. The van der Waals surface area contributed by atoms with Crippen LogP contribution in [0.1, 0.15) is 28.9 Å². The monoisotopic (exact) mass is 414 g/mol. The number of hydrogen-bond donors (Lipinski definition) is 2. The summed E-state index contributed by atoms with van der Waals surface area (Å²) < 4.78 is 7.48. The molecule has 4 aromatic rings. The molecular weight excluding hydrogens is 392 g/mol. The first kappa shape index (κ1) is 20.2. The second-order valence-electron chi connectivity index (χ2n) is 7.06. The van der Waals surface area contributed by atoms with Gasteiger partial charge in [0.15, 0.2) is 0 Å². The zero-order valence-corrected chi connectivity index (χ0v) is 17.0. The predicted molar refractivity (Wildman–Crippen MR) is 117 cm³/mol. The van der Waals surface area contributed by atoms with Gasteiger partial charge in [-0.05, 0) is 48.9 Å². The van der Waals surface area contributed by atoms with Gasteiger partial charge >= 0.3 is 0 Å². The molecule has 1 heterocycles. The Morgan fingerprint density at radius 2 is 1.65 bits per heavy atom. The molecule has 0 aliphatic rings. The van der Waals surface area contributed by atoms with E-state index in [-0.39, 0.29) is 5.91 Å². The number of amides is 2. The van der Waals surface area contributed by atoms with E-state index >= 15 is 0 Å². The van der Waals surface area contributed by atoms with Crippen LogP contribution in [0.25, 0.3) is 11.0 Å². The number of hydrogen-bond acceptors (Lipinski definition) is 4. The lowest BCUT2D eigenvalue weighted by Crippen LogP contribution is -2.44. The largest absolute Gasteiger partial charge is 0.489 e. The van der Waals surface area contributed by atoms with Crippen LogP contribution in [0.2, 0.25) is 0 Å². The fraction of sp³-hybridized carbons (Fsp3) is 0.125. The number of para-hydroxylation sites is 2. The molecule has 3 aromatic carbocycles. The van der Waals surface area contributed by atoms with Crippen molar-refractivity contribution in [3.63, 3.8) is 0 Å². The lowest BCUT2D eigenvalue weighted by atomic mass is 10.2. The van der Waals surface area contributed by atoms with Gasteiger partial charge in [-0.2, -0.15) is 0 Å². The third kappa shape index (κ3) is 4.72. The first-order valence-electron chi connectivity index (χ1n) is 9.90. The Bertz CT molecular complexity index is 1190. The molecule has 156 valence electrons. The molecule has 7 nitrogen and oxygen atoms in total. The normalized spacial score (nSPS) is 11.6. The fourth-order valence-corrected chi connectivity index (χ4v) is 3.15. The van der Waals surface area contributed by atoms with Gasteiger partial charge in [0.1, 0.15) is 18.4 Å². The van der Waals surface area contributed by atoms with Crippen LogP contribution in [-0.4, -0.2) is 21.4 Å². The summed E-state index contributed by atoms with van der Waals surface area (Å²) in [6.07, 6.45) is 1.62. The van der Waals surface area contributed by atoms with Crippen molar-refractivity contribution in [3.8, 4) is 5.75 Å². The molecule has 2 N–H and O–H groups in total. The highest BCUT2D eigenvalue weighted by Crippen LogP contribution is 2.17. The van der Waals surface area contributed by atoms with Crippen LogP contribution < -0.4 is 15.6 Å². The first-order valence-corrected chi connectivity index (χ1v) is 9.90. The summed E-state index contributed by atoms with van der Waals surface area (Å²) in [6, 6.07) is 23.6. The maximum Gasteiger partial charge on any atom is 0.269 e. The Hall–Kier alpha value is -4.13.